The van der Waals surface area contributed by atoms with E-state index in [0.717, 1.165) is 0 Å². The van der Waals surface area contributed by atoms with Crippen LogP contribution >= 0.6 is 0 Å². The van der Waals surface area contributed by atoms with Gasteiger partial charge in [-0.05, 0) is 29.8 Å². The molecule has 0 saturated carbocycles. The number of aromatic hydroxyl groups is 1. The van der Waals surface area contributed by atoms with Gasteiger partial charge >= 0.3 is 0 Å². The van der Waals surface area contributed by atoms with Gasteiger partial charge in [0.25, 0.3) is 5.91 Å². The largest absolute Gasteiger partial charge is 0.506 e. The van der Waals surface area contributed by atoms with Gasteiger partial charge in [0.2, 0.25) is 5.56 Å². The van der Waals surface area contributed by atoms with E-state index < -0.39 is 6.10 Å². The second-order valence-electron chi connectivity index (χ2n) is 6.13. The van der Waals surface area contributed by atoms with E-state index in [0.29, 0.717) is 35.1 Å². The summed E-state index contributed by atoms with van der Waals surface area (Å²) in [7, 11) is 0. The minimum absolute atomic E-state index is 0.0461. The average Bonchev–Trinajstić information content (AvgIpc) is 2.68. The molecule has 5 N–H and O–H groups in total. The number of aromatic nitrogens is 1. The van der Waals surface area contributed by atoms with Crippen LogP contribution in [-0.4, -0.2) is 40.7 Å². The van der Waals surface area contributed by atoms with E-state index in [1.165, 1.54) is 12.1 Å². The van der Waals surface area contributed by atoms with Crippen LogP contribution in [0, 0.1) is 0 Å². The molecule has 3 aromatic rings. The van der Waals surface area contributed by atoms with Gasteiger partial charge in [-0.2, -0.15) is 0 Å². The van der Waals surface area contributed by atoms with Crippen molar-refractivity contribution >= 4 is 16.8 Å². The lowest BCUT2D eigenvalue weighted by molar-refractivity contribution is 0.0953. The number of benzene rings is 2. The second-order valence-corrected chi connectivity index (χ2v) is 6.13. The smallest absolute Gasteiger partial charge is 0.251 e. The van der Waals surface area contributed by atoms with Gasteiger partial charge in [-0.1, -0.05) is 24.3 Å². The quantitative estimate of drug-likeness (QED) is 0.404. The molecule has 7 nitrogen and oxygen atoms in total. The number of aliphatic hydroxyl groups excluding tert-OH is 1. The van der Waals surface area contributed by atoms with Crippen LogP contribution in [0.2, 0.25) is 0 Å². The Labute approximate surface area is 155 Å². The van der Waals surface area contributed by atoms with E-state index in [1.54, 1.807) is 36.4 Å². The lowest BCUT2D eigenvalue weighted by Gasteiger charge is -2.15. The van der Waals surface area contributed by atoms with E-state index in [2.05, 4.69) is 15.6 Å². The first kappa shape index (κ1) is 18.6. The number of pyridine rings is 1. The molecule has 1 atom stereocenters. The molecule has 7 heteroatoms. The van der Waals surface area contributed by atoms with Gasteiger partial charge in [0, 0.05) is 36.7 Å². The highest BCUT2D eigenvalue weighted by Gasteiger charge is 2.13. The summed E-state index contributed by atoms with van der Waals surface area (Å²) < 4.78 is 0. The summed E-state index contributed by atoms with van der Waals surface area (Å²) in [4.78, 5) is 25.9. The Morgan fingerprint density at radius 1 is 1.04 bits per heavy atom. The molecule has 140 valence electrons. The van der Waals surface area contributed by atoms with Crippen molar-refractivity contribution in [2.24, 2.45) is 0 Å². The van der Waals surface area contributed by atoms with E-state index in [4.69, 9.17) is 0 Å². The van der Waals surface area contributed by atoms with Crippen LogP contribution < -0.4 is 16.2 Å². The van der Waals surface area contributed by atoms with Crippen molar-refractivity contribution < 1.29 is 15.0 Å². The fourth-order valence-corrected chi connectivity index (χ4v) is 2.85. The number of hydrogen-bond acceptors (Lipinski definition) is 5. The van der Waals surface area contributed by atoms with Crippen LogP contribution in [0.3, 0.4) is 0 Å². The molecule has 0 bridgehead atoms. The molecule has 27 heavy (non-hydrogen) atoms. The van der Waals surface area contributed by atoms with Crippen molar-refractivity contribution in [2.75, 3.05) is 19.6 Å². The minimum Gasteiger partial charge on any atom is -0.506 e. The van der Waals surface area contributed by atoms with Gasteiger partial charge in [0.1, 0.15) is 5.75 Å². The van der Waals surface area contributed by atoms with Gasteiger partial charge < -0.3 is 25.8 Å². The number of carbonyl (C=O) groups excluding carboxylic acids is 1. The van der Waals surface area contributed by atoms with Crippen LogP contribution in [0.4, 0.5) is 0 Å². The van der Waals surface area contributed by atoms with E-state index in [1.807, 2.05) is 6.07 Å². The SMILES string of the molecule is O=C(NCCNC[C@H](O)c1ccc(O)c2[nH]c(=O)ccc12)c1ccccc1. The average molecular weight is 367 g/mol. The maximum absolute atomic E-state index is 11.9. The zero-order valence-electron chi connectivity index (χ0n) is 14.6. The first-order valence-corrected chi connectivity index (χ1v) is 8.63. The van der Waals surface area contributed by atoms with E-state index in [9.17, 15) is 19.8 Å². The zero-order chi connectivity index (χ0) is 19.2. The van der Waals surface area contributed by atoms with Gasteiger partial charge in [0.15, 0.2) is 0 Å². The molecule has 3 rings (SSSR count). The third kappa shape index (κ3) is 4.52. The Bertz CT molecular complexity index is 985. The number of nitrogens with one attached hydrogen (secondary N) is 3. The number of hydrogen-bond donors (Lipinski definition) is 5. The summed E-state index contributed by atoms with van der Waals surface area (Å²) in [5, 5.41) is 26.8. The maximum atomic E-state index is 11.9. The first-order chi connectivity index (χ1) is 13.1. The van der Waals surface area contributed by atoms with Crippen molar-refractivity contribution in [1.29, 1.82) is 0 Å². The summed E-state index contributed by atoms with van der Waals surface area (Å²) >= 11 is 0. The summed E-state index contributed by atoms with van der Waals surface area (Å²) in [6.07, 6.45) is -0.830. The van der Waals surface area contributed by atoms with Crippen LogP contribution in [0.5, 0.6) is 5.75 Å². The van der Waals surface area contributed by atoms with Crippen molar-refractivity contribution in [2.45, 2.75) is 6.10 Å². The molecule has 1 aromatic heterocycles. The van der Waals surface area contributed by atoms with Crippen molar-refractivity contribution in [3.05, 3.63) is 76.1 Å². The van der Waals surface area contributed by atoms with Gasteiger partial charge in [-0.3, -0.25) is 9.59 Å². The topological polar surface area (TPSA) is 114 Å². The number of phenolic OH excluding ortho intramolecular Hbond substituents is 1. The maximum Gasteiger partial charge on any atom is 0.251 e. The number of fused-ring (bicyclic) bond motifs is 1. The molecule has 0 spiro atoms. The highest BCUT2D eigenvalue weighted by Crippen LogP contribution is 2.28. The molecule has 0 saturated heterocycles. The molecule has 0 fully saturated rings. The van der Waals surface area contributed by atoms with Gasteiger partial charge in [-0.25, -0.2) is 0 Å². The standard InChI is InChI=1S/C20H21N3O4/c24-16-8-6-14(15-7-9-18(26)23-19(15)16)17(25)12-21-10-11-22-20(27)13-4-2-1-3-5-13/h1-9,17,21,24-25H,10-12H2,(H,22,27)(H,23,26)/t17-/m0/s1. The third-order valence-electron chi connectivity index (χ3n) is 4.23. The van der Waals surface area contributed by atoms with Gasteiger partial charge in [-0.15, -0.1) is 0 Å². The monoisotopic (exact) mass is 367 g/mol. The number of aromatic amines is 1. The predicted octanol–water partition coefficient (Wildman–Crippen LogP) is 1.29. The number of carbonyl (C=O) groups is 1. The van der Waals surface area contributed by atoms with Crippen molar-refractivity contribution in [3.8, 4) is 5.75 Å². The number of phenols is 1. The Balaban J connectivity index is 1.53. The van der Waals surface area contributed by atoms with Crippen molar-refractivity contribution in [3.63, 3.8) is 0 Å². The van der Waals surface area contributed by atoms with Crippen LogP contribution in [0.1, 0.15) is 22.0 Å². The number of aliphatic hydroxyl groups is 1. The predicted molar refractivity (Wildman–Crippen MR) is 103 cm³/mol. The number of rotatable bonds is 7. The molecule has 0 unspecified atom stereocenters. The number of H-pyrrole nitrogens is 1. The highest BCUT2D eigenvalue weighted by molar-refractivity contribution is 5.94. The Kier molecular flexibility index (Phi) is 5.85. The lowest BCUT2D eigenvalue weighted by Crippen LogP contribution is -2.33. The molecule has 1 heterocycles. The molecular weight excluding hydrogens is 346 g/mol. The van der Waals surface area contributed by atoms with Crippen LogP contribution in [0.15, 0.2) is 59.4 Å². The zero-order valence-corrected chi connectivity index (χ0v) is 14.6. The summed E-state index contributed by atoms with van der Waals surface area (Å²) in [6, 6.07) is 14.9. The second kappa shape index (κ2) is 8.48. The normalized spacial score (nSPS) is 12.0. The Hall–Kier alpha value is -3.16. The Morgan fingerprint density at radius 2 is 1.81 bits per heavy atom. The molecule has 2 aromatic carbocycles. The first-order valence-electron chi connectivity index (χ1n) is 8.63. The molecule has 1 amide bonds. The fraction of sp³-hybridized carbons (Fsp3) is 0.200. The number of amides is 1. The summed E-state index contributed by atoms with van der Waals surface area (Å²) in [5.41, 5.74) is 1.17. The minimum atomic E-state index is -0.830. The van der Waals surface area contributed by atoms with Crippen molar-refractivity contribution in [1.82, 2.24) is 15.6 Å². The van der Waals surface area contributed by atoms with E-state index in [-0.39, 0.29) is 23.8 Å². The molecule has 0 aliphatic carbocycles. The van der Waals surface area contributed by atoms with Crippen LogP contribution in [-0.2, 0) is 0 Å². The highest BCUT2D eigenvalue weighted by atomic mass is 16.3. The Morgan fingerprint density at radius 3 is 2.59 bits per heavy atom. The van der Waals surface area contributed by atoms with Gasteiger partial charge in [0.05, 0.1) is 11.6 Å². The lowest BCUT2D eigenvalue weighted by atomic mass is 10.0. The molecule has 0 aliphatic rings. The third-order valence-corrected chi connectivity index (χ3v) is 4.23. The van der Waals surface area contributed by atoms with E-state index >= 15 is 0 Å². The fourth-order valence-electron chi connectivity index (χ4n) is 2.85. The van der Waals surface area contributed by atoms with Crippen LogP contribution in [0.25, 0.3) is 10.9 Å². The molecule has 0 aliphatic heterocycles. The molecule has 0 radical (unpaired) electrons. The molecular formula is C20H21N3O4. The summed E-state index contributed by atoms with van der Waals surface area (Å²) in [5.74, 6) is -0.193. The summed E-state index contributed by atoms with van der Waals surface area (Å²) in [6.45, 7) is 1.17.